The van der Waals surface area contributed by atoms with E-state index >= 15 is 0 Å². The van der Waals surface area contributed by atoms with E-state index in [2.05, 4.69) is 43.0 Å². The Kier molecular flexibility index (Phi) is 7.31. The van der Waals surface area contributed by atoms with Crippen LogP contribution in [0, 0.1) is 24.0 Å². The number of carbonyl (C=O) groups excluding carboxylic acids is 1. The molecule has 0 radical (unpaired) electrons. The first-order chi connectivity index (χ1) is 16.8. The molecule has 35 heavy (non-hydrogen) atoms. The number of amides is 1. The van der Waals surface area contributed by atoms with Gasteiger partial charge in [0, 0.05) is 55.5 Å². The lowest BCUT2D eigenvalue weighted by Gasteiger charge is -2.36. The van der Waals surface area contributed by atoms with Crippen LogP contribution < -0.4 is 4.90 Å². The number of carbonyl (C=O) groups is 1. The average molecular weight is 494 g/mol. The second-order valence-electron chi connectivity index (χ2n) is 8.74. The SMILES string of the molecule is CCc1nc(C)nc(N2CCN(C(=O)c3ccc(Cl)c([N+](=O)[O-])c3)CC2)c1Cc1ccc(C)cc1. The summed E-state index contributed by atoms with van der Waals surface area (Å²) in [6.45, 7) is 8.29. The van der Waals surface area contributed by atoms with E-state index in [0.717, 1.165) is 35.7 Å². The molecule has 182 valence electrons. The average Bonchev–Trinajstić information content (AvgIpc) is 2.86. The third-order valence-corrected chi connectivity index (χ3v) is 6.59. The predicted octanol–water partition coefficient (Wildman–Crippen LogP) is 4.77. The number of aryl methyl sites for hydroxylation is 3. The van der Waals surface area contributed by atoms with Gasteiger partial charge in [0.25, 0.3) is 11.6 Å². The smallest absolute Gasteiger partial charge is 0.288 e. The van der Waals surface area contributed by atoms with Crippen LogP contribution in [0.2, 0.25) is 5.02 Å². The highest BCUT2D eigenvalue weighted by molar-refractivity contribution is 6.32. The number of nitro groups is 1. The molecule has 1 amide bonds. The molecule has 2 aromatic carbocycles. The summed E-state index contributed by atoms with van der Waals surface area (Å²) in [5.41, 5.74) is 4.59. The van der Waals surface area contributed by atoms with Crippen molar-refractivity contribution in [3.8, 4) is 0 Å². The highest BCUT2D eigenvalue weighted by Crippen LogP contribution is 2.28. The third kappa shape index (κ3) is 5.43. The van der Waals surface area contributed by atoms with Gasteiger partial charge < -0.3 is 9.80 Å². The third-order valence-electron chi connectivity index (χ3n) is 6.28. The fourth-order valence-electron chi connectivity index (χ4n) is 4.37. The van der Waals surface area contributed by atoms with Crippen molar-refractivity contribution in [3.63, 3.8) is 0 Å². The number of nitro benzene ring substituents is 1. The van der Waals surface area contributed by atoms with E-state index in [-0.39, 0.29) is 22.2 Å². The Morgan fingerprint density at radius 2 is 1.74 bits per heavy atom. The van der Waals surface area contributed by atoms with Crippen molar-refractivity contribution in [1.29, 1.82) is 0 Å². The number of nitrogens with zero attached hydrogens (tertiary/aromatic N) is 5. The fourth-order valence-corrected chi connectivity index (χ4v) is 4.56. The maximum atomic E-state index is 13.0. The van der Waals surface area contributed by atoms with Gasteiger partial charge in [0.2, 0.25) is 0 Å². The number of rotatable bonds is 6. The molecule has 0 unspecified atom stereocenters. The molecule has 0 aliphatic carbocycles. The van der Waals surface area contributed by atoms with E-state index < -0.39 is 4.92 Å². The maximum absolute atomic E-state index is 13.0. The number of halogens is 1. The Morgan fingerprint density at radius 3 is 2.37 bits per heavy atom. The maximum Gasteiger partial charge on any atom is 0.288 e. The fraction of sp³-hybridized carbons (Fsp3) is 0.346. The number of anilines is 1. The number of piperazine rings is 1. The first-order valence-corrected chi connectivity index (χ1v) is 12.0. The molecule has 1 aromatic heterocycles. The van der Waals surface area contributed by atoms with Crippen molar-refractivity contribution < 1.29 is 9.72 Å². The van der Waals surface area contributed by atoms with Gasteiger partial charge in [-0.05, 0) is 38.0 Å². The van der Waals surface area contributed by atoms with Gasteiger partial charge in [-0.15, -0.1) is 0 Å². The molecule has 0 spiro atoms. The molecule has 0 saturated carbocycles. The van der Waals surface area contributed by atoms with Crippen LogP contribution in [0.1, 0.15) is 45.5 Å². The van der Waals surface area contributed by atoms with Crippen LogP contribution in [0.5, 0.6) is 0 Å². The van der Waals surface area contributed by atoms with Gasteiger partial charge in [-0.3, -0.25) is 14.9 Å². The summed E-state index contributed by atoms with van der Waals surface area (Å²) >= 11 is 5.90. The van der Waals surface area contributed by atoms with Crippen LogP contribution in [-0.2, 0) is 12.8 Å². The minimum absolute atomic E-state index is 0.0170. The molecule has 0 N–H and O–H groups in total. The summed E-state index contributed by atoms with van der Waals surface area (Å²) in [5.74, 6) is 1.41. The van der Waals surface area contributed by atoms with Gasteiger partial charge >= 0.3 is 0 Å². The number of hydrogen-bond donors (Lipinski definition) is 0. The summed E-state index contributed by atoms with van der Waals surface area (Å²) in [6, 6.07) is 12.7. The van der Waals surface area contributed by atoms with Gasteiger partial charge in [-0.1, -0.05) is 48.4 Å². The van der Waals surface area contributed by atoms with E-state index in [0.29, 0.717) is 26.2 Å². The van der Waals surface area contributed by atoms with Gasteiger partial charge in [0.15, 0.2) is 0 Å². The Labute approximate surface area is 209 Å². The highest BCUT2D eigenvalue weighted by Gasteiger charge is 2.27. The first-order valence-electron chi connectivity index (χ1n) is 11.7. The minimum Gasteiger partial charge on any atom is -0.353 e. The molecule has 8 nitrogen and oxygen atoms in total. The number of benzene rings is 2. The van der Waals surface area contributed by atoms with Gasteiger partial charge in [0.05, 0.1) is 4.92 Å². The second-order valence-corrected chi connectivity index (χ2v) is 9.15. The van der Waals surface area contributed by atoms with Gasteiger partial charge in [-0.2, -0.15) is 0 Å². The zero-order valence-corrected chi connectivity index (χ0v) is 20.9. The molecular formula is C26H28ClN5O3. The van der Waals surface area contributed by atoms with E-state index in [4.69, 9.17) is 21.6 Å². The standard InChI is InChI=1S/C26H28ClN5O3/c1-4-23-21(15-19-7-5-17(2)6-8-19)25(29-18(3)28-23)30-11-13-31(14-12-30)26(33)20-9-10-22(27)24(16-20)32(34)35/h5-10,16H,4,11-15H2,1-3H3. The molecule has 1 saturated heterocycles. The summed E-state index contributed by atoms with van der Waals surface area (Å²) in [5, 5.41) is 11.2. The van der Waals surface area contributed by atoms with Crippen LogP contribution in [0.25, 0.3) is 0 Å². The highest BCUT2D eigenvalue weighted by atomic mass is 35.5. The van der Waals surface area contributed by atoms with Crippen molar-refractivity contribution in [2.24, 2.45) is 0 Å². The van der Waals surface area contributed by atoms with Crippen molar-refractivity contribution in [2.45, 2.75) is 33.6 Å². The predicted molar refractivity (Wildman–Crippen MR) is 136 cm³/mol. The monoisotopic (exact) mass is 493 g/mol. The van der Waals surface area contributed by atoms with Crippen LogP contribution >= 0.6 is 11.6 Å². The minimum atomic E-state index is -0.574. The number of hydrogen-bond acceptors (Lipinski definition) is 6. The largest absolute Gasteiger partial charge is 0.353 e. The Balaban J connectivity index is 1.54. The van der Waals surface area contributed by atoms with Crippen molar-refractivity contribution in [1.82, 2.24) is 14.9 Å². The lowest BCUT2D eigenvalue weighted by molar-refractivity contribution is -0.384. The summed E-state index contributed by atoms with van der Waals surface area (Å²) < 4.78 is 0. The van der Waals surface area contributed by atoms with Gasteiger partial charge in [0.1, 0.15) is 16.7 Å². The van der Waals surface area contributed by atoms with E-state index in [1.54, 1.807) is 4.90 Å². The molecule has 9 heteroatoms. The Morgan fingerprint density at radius 1 is 1.06 bits per heavy atom. The molecule has 1 aliphatic heterocycles. The van der Waals surface area contributed by atoms with Crippen molar-refractivity contribution in [2.75, 3.05) is 31.1 Å². The molecule has 0 bridgehead atoms. The lowest BCUT2D eigenvalue weighted by Crippen LogP contribution is -2.49. The van der Waals surface area contributed by atoms with E-state index in [9.17, 15) is 14.9 Å². The zero-order valence-electron chi connectivity index (χ0n) is 20.1. The Hall–Kier alpha value is -3.52. The van der Waals surface area contributed by atoms with Crippen LogP contribution in [0.4, 0.5) is 11.5 Å². The molecular weight excluding hydrogens is 466 g/mol. The quantitative estimate of drug-likeness (QED) is 0.362. The zero-order chi connectivity index (χ0) is 25.1. The number of aromatic nitrogens is 2. The lowest BCUT2D eigenvalue weighted by atomic mass is 10.0. The van der Waals surface area contributed by atoms with Gasteiger partial charge in [-0.25, -0.2) is 9.97 Å². The van der Waals surface area contributed by atoms with E-state index in [1.807, 2.05) is 6.92 Å². The summed E-state index contributed by atoms with van der Waals surface area (Å²) in [4.78, 5) is 37.1. The molecule has 3 aromatic rings. The van der Waals surface area contributed by atoms with Crippen molar-refractivity contribution in [3.05, 3.63) is 91.4 Å². The normalized spacial score (nSPS) is 13.7. The summed E-state index contributed by atoms with van der Waals surface area (Å²) in [6.07, 6.45) is 1.55. The summed E-state index contributed by atoms with van der Waals surface area (Å²) in [7, 11) is 0. The van der Waals surface area contributed by atoms with Crippen LogP contribution in [0.3, 0.4) is 0 Å². The second kappa shape index (κ2) is 10.4. The topological polar surface area (TPSA) is 92.5 Å². The molecule has 2 heterocycles. The van der Waals surface area contributed by atoms with E-state index in [1.165, 1.54) is 29.3 Å². The molecule has 4 rings (SSSR count). The first kappa shape index (κ1) is 24.6. The van der Waals surface area contributed by atoms with Crippen LogP contribution in [-0.4, -0.2) is 51.9 Å². The van der Waals surface area contributed by atoms with Crippen LogP contribution in [0.15, 0.2) is 42.5 Å². The molecule has 1 aliphatic rings. The molecule has 0 atom stereocenters. The van der Waals surface area contributed by atoms with Crippen molar-refractivity contribution >= 4 is 29.0 Å². The Bertz CT molecular complexity index is 1250. The molecule has 1 fully saturated rings.